The van der Waals surface area contributed by atoms with Gasteiger partial charge < -0.3 is 0 Å². The normalized spacial score (nSPS) is 10.5. The summed E-state index contributed by atoms with van der Waals surface area (Å²) in [6, 6.07) is 7.57. The molecule has 0 saturated carbocycles. The van der Waals surface area contributed by atoms with E-state index in [-0.39, 0.29) is 16.9 Å². The topological polar surface area (TPSA) is 52.0 Å². The summed E-state index contributed by atoms with van der Waals surface area (Å²) < 4.78 is 1.21. The number of nitrogens with zero attached hydrogens (tertiary/aromatic N) is 2. The number of Topliss-reactive ketones (excluding diaryl/α,β-unsaturated/α-hetero) is 1. The summed E-state index contributed by atoms with van der Waals surface area (Å²) in [5.41, 5.74) is 3.63. The lowest BCUT2D eigenvalue weighted by Gasteiger charge is -2.09. The summed E-state index contributed by atoms with van der Waals surface area (Å²) in [5.74, 6) is -0.242. The molecule has 1 heterocycles. The number of hydrogen-bond donors (Lipinski definition) is 0. The second-order valence-electron chi connectivity index (χ2n) is 4.75. The molecule has 98 valence electrons. The molecule has 0 N–H and O–H groups in total. The molecule has 4 nitrogen and oxygen atoms in total. The van der Waals surface area contributed by atoms with Crippen LogP contribution in [0.15, 0.2) is 29.1 Å². The van der Waals surface area contributed by atoms with E-state index >= 15 is 0 Å². The van der Waals surface area contributed by atoms with E-state index in [9.17, 15) is 9.59 Å². The monoisotopic (exact) mass is 256 g/mol. The number of hydrogen-bond acceptors (Lipinski definition) is 3. The largest absolute Gasteiger partial charge is 0.294 e. The van der Waals surface area contributed by atoms with E-state index in [1.807, 2.05) is 26.0 Å². The molecule has 1 aromatic carbocycles. The first-order valence-electron chi connectivity index (χ1n) is 6.07. The molecule has 0 aliphatic carbocycles. The zero-order valence-electron chi connectivity index (χ0n) is 11.5. The molecule has 0 atom stereocenters. The van der Waals surface area contributed by atoms with Crippen molar-refractivity contribution in [3.8, 4) is 11.3 Å². The number of aryl methyl sites for hydroxylation is 3. The molecule has 0 radical (unpaired) electrons. The molecule has 0 aliphatic rings. The number of aromatic nitrogens is 2. The van der Waals surface area contributed by atoms with Crippen molar-refractivity contribution in [2.24, 2.45) is 7.05 Å². The number of benzene rings is 1. The van der Waals surface area contributed by atoms with Crippen LogP contribution in [-0.2, 0) is 7.05 Å². The fraction of sp³-hybridized carbons (Fsp3) is 0.267. The van der Waals surface area contributed by atoms with Crippen molar-refractivity contribution in [1.29, 1.82) is 0 Å². The summed E-state index contributed by atoms with van der Waals surface area (Å²) in [5, 5.41) is 4.23. The van der Waals surface area contributed by atoms with Gasteiger partial charge in [-0.3, -0.25) is 9.59 Å². The van der Waals surface area contributed by atoms with Crippen molar-refractivity contribution in [2.75, 3.05) is 0 Å². The molecule has 2 aromatic rings. The number of carbonyl (C=O) groups excluding carboxylic acids is 1. The first-order valence-corrected chi connectivity index (χ1v) is 6.07. The van der Waals surface area contributed by atoms with Crippen LogP contribution in [0.4, 0.5) is 0 Å². The average Bonchev–Trinajstić information content (AvgIpc) is 2.32. The van der Waals surface area contributed by atoms with E-state index in [4.69, 9.17) is 0 Å². The zero-order valence-corrected chi connectivity index (χ0v) is 11.5. The fourth-order valence-corrected chi connectivity index (χ4v) is 2.09. The van der Waals surface area contributed by atoms with Gasteiger partial charge in [0, 0.05) is 12.6 Å². The first-order chi connectivity index (χ1) is 8.90. The Bertz CT molecular complexity index is 715. The molecule has 1 aromatic heterocycles. The molecule has 0 amide bonds. The third-order valence-electron chi connectivity index (χ3n) is 3.10. The van der Waals surface area contributed by atoms with Gasteiger partial charge in [0.2, 0.25) is 0 Å². The number of carbonyl (C=O) groups is 1. The lowest BCUT2D eigenvalue weighted by Crippen LogP contribution is -2.25. The lowest BCUT2D eigenvalue weighted by atomic mass is 10.0. The van der Waals surface area contributed by atoms with Gasteiger partial charge in [-0.15, -0.1) is 0 Å². The van der Waals surface area contributed by atoms with Crippen molar-refractivity contribution in [1.82, 2.24) is 9.78 Å². The number of rotatable bonds is 2. The molecule has 0 saturated heterocycles. The molecule has 0 fully saturated rings. The molecule has 0 bridgehead atoms. The van der Waals surface area contributed by atoms with Gasteiger partial charge in [0.15, 0.2) is 5.78 Å². The summed E-state index contributed by atoms with van der Waals surface area (Å²) >= 11 is 0. The number of ketones is 1. The van der Waals surface area contributed by atoms with Crippen LogP contribution in [0.3, 0.4) is 0 Å². The van der Waals surface area contributed by atoms with Crippen LogP contribution in [0.5, 0.6) is 0 Å². The smallest absolute Gasteiger partial charge is 0.277 e. The van der Waals surface area contributed by atoms with Crippen LogP contribution in [0.1, 0.15) is 28.4 Å². The Morgan fingerprint density at radius 2 is 1.89 bits per heavy atom. The second-order valence-corrected chi connectivity index (χ2v) is 4.75. The molecule has 0 spiro atoms. The van der Waals surface area contributed by atoms with Gasteiger partial charge in [0.25, 0.3) is 5.56 Å². The van der Waals surface area contributed by atoms with Crippen LogP contribution < -0.4 is 5.56 Å². The Morgan fingerprint density at radius 1 is 1.21 bits per heavy atom. The van der Waals surface area contributed by atoms with E-state index in [1.54, 1.807) is 13.1 Å². The zero-order chi connectivity index (χ0) is 14.2. The standard InChI is InChI=1S/C15H16N2O2/c1-9-5-6-12(10(2)7-9)14-8-13(11(3)18)15(19)17(4)16-14/h5-8H,1-4H3. The van der Waals surface area contributed by atoms with Crippen LogP contribution in [0.25, 0.3) is 11.3 Å². The van der Waals surface area contributed by atoms with Crippen molar-refractivity contribution in [3.05, 3.63) is 51.3 Å². The first kappa shape index (κ1) is 13.2. The highest BCUT2D eigenvalue weighted by atomic mass is 16.1. The molecule has 0 unspecified atom stereocenters. The summed E-state index contributed by atoms with van der Waals surface area (Å²) in [7, 11) is 1.56. The van der Waals surface area contributed by atoms with Crippen LogP contribution >= 0.6 is 0 Å². The van der Waals surface area contributed by atoms with Crippen LogP contribution in [0, 0.1) is 13.8 Å². The van der Waals surface area contributed by atoms with Gasteiger partial charge in [-0.2, -0.15) is 5.10 Å². The maximum Gasteiger partial charge on any atom is 0.277 e. The Hall–Kier alpha value is -2.23. The third-order valence-corrected chi connectivity index (χ3v) is 3.10. The maximum absolute atomic E-state index is 11.8. The van der Waals surface area contributed by atoms with Crippen molar-refractivity contribution < 1.29 is 4.79 Å². The van der Waals surface area contributed by atoms with E-state index < -0.39 is 0 Å². The van der Waals surface area contributed by atoms with Gasteiger partial charge >= 0.3 is 0 Å². The second kappa shape index (κ2) is 4.80. The Morgan fingerprint density at radius 3 is 2.47 bits per heavy atom. The molecular formula is C15H16N2O2. The SMILES string of the molecule is CC(=O)c1cc(-c2ccc(C)cc2C)nn(C)c1=O. The highest BCUT2D eigenvalue weighted by Gasteiger charge is 2.12. The van der Waals surface area contributed by atoms with Crippen LogP contribution in [0.2, 0.25) is 0 Å². The minimum atomic E-state index is -0.360. The summed E-state index contributed by atoms with van der Waals surface area (Å²) in [6.07, 6.45) is 0. The van der Waals surface area contributed by atoms with Crippen LogP contribution in [-0.4, -0.2) is 15.6 Å². The Labute approximate surface area is 111 Å². The minimum absolute atomic E-state index is 0.174. The van der Waals surface area contributed by atoms with Gasteiger partial charge in [-0.05, 0) is 32.4 Å². The Balaban J connectivity index is 2.70. The van der Waals surface area contributed by atoms with Gasteiger partial charge in [-0.25, -0.2) is 4.68 Å². The van der Waals surface area contributed by atoms with Gasteiger partial charge in [0.1, 0.15) is 0 Å². The fourth-order valence-electron chi connectivity index (χ4n) is 2.09. The van der Waals surface area contributed by atoms with E-state index in [2.05, 4.69) is 11.2 Å². The van der Waals surface area contributed by atoms with Crippen molar-refractivity contribution in [3.63, 3.8) is 0 Å². The van der Waals surface area contributed by atoms with E-state index in [0.29, 0.717) is 5.69 Å². The highest BCUT2D eigenvalue weighted by molar-refractivity contribution is 5.94. The van der Waals surface area contributed by atoms with Crippen molar-refractivity contribution >= 4 is 5.78 Å². The van der Waals surface area contributed by atoms with E-state index in [1.165, 1.54) is 11.6 Å². The quantitative estimate of drug-likeness (QED) is 0.774. The predicted octanol–water partition coefficient (Wildman–Crippen LogP) is 2.27. The summed E-state index contributed by atoms with van der Waals surface area (Å²) in [6.45, 7) is 5.40. The Kier molecular flexibility index (Phi) is 3.34. The molecular weight excluding hydrogens is 240 g/mol. The minimum Gasteiger partial charge on any atom is -0.294 e. The predicted molar refractivity (Wildman–Crippen MR) is 74.4 cm³/mol. The molecule has 19 heavy (non-hydrogen) atoms. The lowest BCUT2D eigenvalue weighted by molar-refractivity contribution is 0.101. The van der Waals surface area contributed by atoms with Gasteiger partial charge in [-0.1, -0.05) is 23.8 Å². The van der Waals surface area contributed by atoms with E-state index in [0.717, 1.165) is 16.7 Å². The molecule has 4 heteroatoms. The average molecular weight is 256 g/mol. The summed E-state index contributed by atoms with van der Waals surface area (Å²) in [4.78, 5) is 23.3. The third kappa shape index (κ3) is 2.47. The van der Waals surface area contributed by atoms with Crippen molar-refractivity contribution in [2.45, 2.75) is 20.8 Å². The highest BCUT2D eigenvalue weighted by Crippen LogP contribution is 2.22. The molecule has 2 rings (SSSR count). The van der Waals surface area contributed by atoms with Gasteiger partial charge in [0.05, 0.1) is 11.3 Å². The maximum atomic E-state index is 11.8. The molecule has 0 aliphatic heterocycles.